The van der Waals surface area contributed by atoms with Crippen LogP contribution in [0.4, 0.5) is 10.1 Å². The van der Waals surface area contributed by atoms with Gasteiger partial charge >= 0.3 is 0 Å². The summed E-state index contributed by atoms with van der Waals surface area (Å²) in [6.07, 6.45) is 1.83. The maximum absolute atomic E-state index is 13.7. The normalized spacial score (nSPS) is 11.5. The van der Waals surface area contributed by atoms with Crippen LogP contribution in [-0.4, -0.2) is 9.55 Å². The van der Waals surface area contributed by atoms with E-state index in [1.165, 1.54) is 6.07 Å². The predicted molar refractivity (Wildman–Crippen MR) is 79.4 cm³/mol. The van der Waals surface area contributed by atoms with Gasteiger partial charge < -0.3 is 14.7 Å². The second-order valence-electron chi connectivity index (χ2n) is 4.95. The number of nitrogens with zero attached hydrogens (tertiary/aromatic N) is 2. The largest absolute Gasteiger partial charge is 0.439 e. The minimum atomic E-state index is -0.225. The molecule has 0 bridgehead atoms. The fourth-order valence-electron chi connectivity index (χ4n) is 2.53. The van der Waals surface area contributed by atoms with E-state index in [1.807, 2.05) is 16.8 Å². The second kappa shape index (κ2) is 4.34. The van der Waals surface area contributed by atoms with Crippen molar-refractivity contribution in [2.75, 3.05) is 5.73 Å². The molecule has 2 heterocycles. The van der Waals surface area contributed by atoms with Crippen LogP contribution in [0.2, 0.25) is 0 Å². The molecule has 5 heteroatoms. The molecular weight excluding hydrogens is 269 g/mol. The van der Waals surface area contributed by atoms with Crippen LogP contribution >= 0.6 is 0 Å². The number of benzene rings is 2. The lowest BCUT2D eigenvalue weighted by molar-refractivity contribution is 0.513. The number of nitrogen functional groups attached to an aromatic ring is 1. The Kier molecular flexibility index (Phi) is 2.47. The van der Waals surface area contributed by atoms with Crippen molar-refractivity contribution in [3.8, 4) is 0 Å². The molecule has 0 spiro atoms. The number of oxazole rings is 1. The lowest BCUT2D eigenvalue weighted by atomic mass is 10.2. The molecule has 4 rings (SSSR count). The number of nitrogens with two attached hydrogens (primary N) is 1. The molecule has 0 saturated heterocycles. The molecule has 4 nitrogen and oxygen atoms in total. The lowest BCUT2D eigenvalue weighted by Gasteiger charge is -2.01. The minimum absolute atomic E-state index is 0.225. The molecule has 0 unspecified atom stereocenters. The first-order valence-corrected chi connectivity index (χ1v) is 6.59. The van der Waals surface area contributed by atoms with Crippen LogP contribution in [0.25, 0.3) is 22.0 Å². The summed E-state index contributed by atoms with van der Waals surface area (Å²) in [7, 11) is 0. The summed E-state index contributed by atoms with van der Waals surface area (Å²) in [5, 5.41) is 0.595. The Labute approximate surface area is 119 Å². The molecule has 0 atom stereocenters. The molecule has 0 fully saturated rings. The summed E-state index contributed by atoms with van der Waals surface area (Å²) in [5.41, 5.74) is 8.62. The Bertz CT molecular complexity index is 955. The van der Waals surface area contributed by atoms with Gasteiger partial charge in [-0.2, -0.15) is 0 Å². The zero-order valence-electron chi connectivity index (χ0n) is 11.1. The van der Waals surface area contributed by atoms with Crippen molar-refractivity contribution >= 4 is 27.7 Å². The second-order valence-corrected chi connectivity index (χ2v) is 4.95. The van der Waals surface area contributed by atoms with Gasteiger partial charge in [-0.15, -0.1) is 0 Å². The van der Waals surface area contributed by atoms with Gasteiger partial charge in [0.1, 0.15) is 11.3 Å². The summed E-state index contributed by atoms with van der Waals surface area (Å²) in [6, 6.07) is 12.1. The number of halogens is 1. The number of hydrogen-bond acceptors (Lipinski definition) is 3. The van der Waals surface area contributed by atoms with Gasteiger partial charge in [0.15, 0.2) is 5.58 Å². The zero-order valence-corrected chi connectivity index (χ0v) is 11.1. The summed E-state index contributed by atoms with van der Waals surface area (Å²) in [6.45, 7) is 0.446. The maximum atomic E-state index is 13.7. The van der Waals surface area contributed by atoms with Gasteiger partial charge in [-0.1, -0.05) is 6.07 Å². The maximum Gasteiger partial charge on any atom is 0.215 e. The summed E-state index contributed by atoms with van der Waals surface area (Å²) in [5.74, 6) is 0.342. The van der Waals surface area contributed by atoms with Crippen LogP contribution in [-0.2, 0) is 6.54 Å². The van der Waals surface area contributed by atoms with E-state index in [9.17, 15) is 4.39 Å². The van der Waals surface area contributed by atoms with E-state index >= 15 is 0 Å². The molecule has 0 aliphatic rings. The van der Waals surface area contributed by atoms with Crippen LogP contribution in [0.15, 0.2) is 53.1 Å². The van der Waals surface area contributed by atoms with Crippen LogP contribution in [0.1, 0.15) is 5.89 Å². The van der Waals surface area contributed by atoms with Crippen molar-refractivity contribution in [3.05, 3.63) is 60.4 Å². The van der Waals surface area contributed by atoms with E-state index in [0.29, 0.717) is 29.1 Å². The van der Waals surface area contributed by atoms with Gasteiger partial charge in [0, 0.05) is 17.3 Å². The van der Waals surface area contributed by atoms with Crippen molar-refractivity contribution in [1.29, 1.82) is 0 Å². The van der Waals surface area contributed by atoms with Crippen LogP contribution in [0, 0.1) is 5.82 Å². The van der Waals surface area contributed by atoms with E-state index in [-0.39, 0.29) is 5.82 Å². The highest BCUT2D eigenvalue weighted by Gasteiger charge is 2.10. The zero-order chi connectivity index (χ0) is 14.4. The third-order valence-electron chi connectivity index (χ3n) is 3.52. The number of fused-ring (bicyclic) bond motifs is 2. The Balaban J connectivity index is 1.77. The van der Waals surface area contributed by atoms with E-state index < -0.39 is 0 Å². The first-order valence-electron chi connectivity index (χ1n) is 6.59. The molecule has 0 saturated carbocycles. The molecule has 104 valence electrons. The van der Waals surface area contributed by atoms with Crippen LogP contribution in [0.5, 0.6) is 0 Å². The SMILES string of the molecule is Nc1ccc2oc(Cn3ccc4c(F)cccc43)nc2c1. The highest BCUT2D eigenvalue weighted by atomic mass is 19.1. The van der Waals surface area contributed by atoms with Crippen LogP contribution < -0.4 is 5.73 Å². The monoisotopic (exact) mass is 281 g/mol. The molecule has 0 radical (unpaired) electrons. The average Bonchev–Trinajstić information content (AvgIpc) is 3.04. The number of aromatic nitrogens is 2. The third-order valence-corrected chi connectivity index (χ3v) is 3.52. The molecule has 0 aliphatic heterocycles. The van der Waals surface area contributed by atoms with Crippen molar-refractivity contribution < 1.29 is 8.81 Å². The van der Waals surface area contributed by atoms with Crippen LogP contribution in [0.3, 0.4) is 0 Å². The Hall–Kier alpha value is -2.82. The van der Waals surface area contributed by atoms with E-state index in [4.69, 9.17) is 10.2 Å². The van der Waals surface area contributed by atoms with Gasteiger partial charge in [-0.25, -0.2) is 9.37 Å². The molecule has 0 amide bonds. The molecule has 2 aromatic carbocycles. The standard InChI is InChI=1S/C16H12FN3O/c17-12-2-1-3-14-11(12)6-7-20(14)9-16-19-13-8-10(18)4-5-15(13)21-16/h1-8H,9,18H2. The highest BCUT2D eigenvalue weighted by molar-refractivity contribution is 5.81. The van der Waals surface area contributed by atoms with Gasteiger partial charge in [0.2, 0.25) is 5.89 Å². The quantitative estimate of drug-likeness (QED) is 0.572. The Morgan fingerprint density at radius 3 is 3.00 bits per heavy atom. The number of rotatable bonds is 2. The molecule has 4 aromatic rings. The fourth-order valence-corrected chi connectivity index (χ4v) is 2.53. The van der Waals surface area contributed by atoms with E-state index in [1.54, 1.807) is 30.3 Å². The highest BCUT2D eigenvalue weighted by Crippen LogP contribution is 2.22. The predicted octanol–water partition coefficient (Wildman–Crippen LogP) is 3.55. The number of anilines is 1. The number of hydrogen-bond donors (Lipinski definition) is 1. The van der Waals surface area contributed by atoms with Gasteiger partial charge in [0.25, 0.3) is 0 Å². The van der Waals surface area contributed by atoms with Gasteiger partial charge in [0.05, 0.1) is 12.1 Å². The summed E-state index contributed by atoms with van der Waals surface area (Å²) < 4.78 is 21.3. The molecular formula is C16H12FN3O. The lowest BCUT2D eigenvalue weighted by Crippen LogP contribution is -1.97. The molecule has 21 heavy (non-hydrogen) atoms. The van der Waals surface area contributed by atoms with E-state index in [0.717, 1.165) is 11.0 Å². The molecule has 2 aromatic heterocycles. The Morgan fingerprint density at radius 1 is 1.19 bits per heavy atom. The average molecular weight is 281 g/mol. The van der Waals surface area contributed by atoms with Crippen molar-refractivity contribution in [1.82, 2.24) is 9.55 Å². The summed E-state index contributed by atoms with van der Waals surface area (Å²) in [4.78, 5) is 4.42. The smallest absolute Gasteiger partial charge is 0.215 e. The third kappa shape index (κ3) is 1.94. The first-order chi connectivity index (χ1) is 10.2. The first kappa shape index (κ1) is 12.0. The molecule has 2 N–H and O–H groups in total. The molecule has 0 aliphatic carbocycles. The Morgan fingerprint density at radius 2 is 2.10 bits per heavy atom. The van der Waals surface area contributed by atoms with E-state index in [2.05, 4.69) is 4.98 Å². The summed E-state index contributed by atoms with van der Waals surface area (Å²) >= 11 is 0. The minimum Gasteiger partial charge on any atom is -0.439 e. The van der Waals surface area contributed by atoms with Gasteiger partial charge in [-0.05, 0) is 36.4 Å². The van der Waals surface area contributed by atoms with Crippen molar-refractivity contribution in [2.45, 2.75) is 6.54 Å². The van der Waals surface area contributed by atoms with Gasteiger partial charge in [-0.3, -0.25) is 0 Å². The van der Waals surface area contributed by atoms with Crippen molar-refractivity contribution in [3.63, 3.8) is 0 Å². The van der Waals surface area contributed by atoms with Crippen molar-refractivity contribution in [2.24, 2.45) is 0 Å². The topological polar surface area (TPSA) is 57.0 Å². The fraction of sp³-hybridized carbons (Fsp3) is 0.0625.